The predicted octanol–water partition coefficient (Wildman–Crippen LogP) is 4.20. The number of fused-ring (bicyclic) bond motifs is 1. The average molecular weight is 234 g/mol. The Bertz CT molecular complexity index is 481. The molecule has 0 fully saturated rings. The summed E-state index contributed by atoms with van der Waals surface area (Å²) in [6, 6.07) is 1.23. The molecule has 0 aliphatic heterocycles. The first-order valence-electron chi connectivity index (χ1n) is 3.92. The van der Waals surface area contributed by atoms with E-state index in [1.54, 1.807) is 0 Å². The molecule has 0 N–H and O–H groups in total. The molecule has 0 saturated carbocycles. The van der Waals surface area contributed by atoms with Gasteiger partial charge in [0.2, 0.25) is 0 Å². The van der Waals surface area contributed by atoms with Gasteiger partial charge in [-0.1, -0.05) is 11.6 Å². The quantitative estimate of drug-likeness (QED) is 0.720. The van der Waals surface area contributed by atoms with Crippen LogP contribution in [0.3, 0.4) is 0 Å². The first-order chi connectivity index (χ1) is 6.59. The Morgan fingerprint density at radius 3 is 2.86 bits per heavy atom. The van der Waals surface area contributed by atoms with Crippen LogP contribution in [-0.2, 0) is 0 Å². The van der Waals surface area contributed by atoms with Gasteiger partial charge in [0.05, 0.1) is 15.2 Å². The number of pyridine rings is 1. The summed E-state index contributed by atoms with van der Waals surface area (Å²) in [6.07, 6.45) is -2.57. The Hall–Kier alpha value is -0.740. The fourth-order valence-corrected chi connectivity index (χ4v) is 2.45. The van der Waals surface area contributed by atoms with Crippen LogP contribution in [0, 0.1) is 6.92 Å². The molecular weight excluding hydrogens is 228 g/mol. The number of alkyl halides is 2. The van der Waals surface area contributed by atoms with Crippen molar-refractivity contribution >= 4 is 33.2 Å². The second-order valence-electron chi connectivity index (χ2n) is 2.93. The molecule has 2 rings (SSSR count). The standard InChI is InChI=1S/C9H6ClF2NS/c1-4-3-14-8-5(10)2-6(9(11)12)13-7(4)8/h2-3,9H,1H3. The van der Waals surface area contributed by atoms with Crippen molar-refractivity contribution < 1.29 is 8.78 Å². The van der Waals surface area contributed by atoms with E-state index in [1.165, 1.54) is 17.4 Å². The van der Waals surface area contributed by atoms with E-state index in [0.29, 0.717) is 10.5 Å². The van der Waals surface area contributed by atoms with Gasteiger partial charge in [-0.15, -0.1) is 11.3 Å². The minimum absolute atomic E-state index is 0.260. The fourth-order valence-electron chi connectivity index (χ4n) is 1.21. The van der Waals surface area contributed by atoms with Crippen molar-refractivity contribution in [2.75, 3.05) is 0 Å². The van der Waals surface area contributed by atoms with Crippen LogP contribution in [0.1, 0.15) is 17.7 Å². The van der Waals surface area contributed by atoms with Crippen LogP contribution >= 0.6 is 22.9 Å². The van der Waals surface area contributed by atoms with E-state index in [-0.39, 0.29) is 5.69 Å². The number of hydrogen-bond donors (Lipinski definition) is 0. The molecule has 0 unspecified atom stereocenters. The third kappa shape index (κ3) is 1.48. The molecule has 0 aliphatic carbocycles. The minimum atomic E-state index is -2.57. The van der Waals surface area contributed by atoms with Gasteiger partial charge in [0, 0.05) is 0 Å². The third-order valence-corrected chi connectivity index (χ3v) is 3.43. The lowest BCUT2D eigenvalue weighted by Gasteiger charge is -2.01. The lowest BCUT2D eigenvalue weighted by Crippen LogP contribution is -1.90. The maximum atomic E-state index is 12.4. The lowest BCUT2D eigenvalue weighted by atomic mass is 10.2. The molecule has 2 aromatic rings. The highest BCUT2D eigenvalue weighted by Gasteiger charge is 2.14. The van der Waals surface area contributed by atoms with Gasteiger partial charge in [0.25, 0.3) is 6.43 Å². The number of rotatable bonds is 1. The van der Waals surface area contributed by atoms with Crippen molar-refractivity contribution in [1.29, 1.82) is 0 Å². The molecule has 0 aliphatic rings. The van der Waals surface area contributed by atoms with E-state index in [4.69, 9.17) is 11.6 Å². The van der Waals surface area contributed by atoms with E-state index in [0.717, 1.165) is 10.3 Å². The molecule has 2 aromatic heterocycles. The molecule has 14 heavy (non-hydrogen) atoms. The van der Waals surface area contributed by atoms with E-state index in [9.17, 15) is 8.78 Å². The SMILES string of the molecule is Cc1csc2c(Cl)cc(C(F)F)nc12. The number of aromatic nitrogens is 1. The Morgan fingerprint density at radius 2 is 2.21 bits per heavy atom. The summed E-state index contributed by atoms with van der Waals surface area (Å²) >= 11 is 7.28. The summed E-state index contributed by atoms with van der Waals surface area (Å²) in [5.41, 5.74) is 1.20. The van der Waals surface area contributed by atoms with Gasteiger partial charge in [0.1, 0.15) is 5.69 Å². The highest BCUT2D eigenvalue weighted by Crippen LogP contribution is 2.33. The predicted molar refractivity (Wildman–Crippen MR) is 54.3 cm³/mol. The van der Waals surface area contributed by atoms with Crippen LogP contribution in [0.25, 0.3) is 10.2 Å². The topological polar surface area (TPSA) is 12.9 Å². The van der Waals surface area contributed by atoms with E-state index in [2.05, 4.69) is 4.98 Å². The number of hydrogen-bond acceptors (Lipinski definition) is 2. The molecular formula is C9H6ClF2NS. The second-order valence-corrected chi connectivity index (χ2v) is 4.21. The number of halogens is 3. The molecule has 2 heterocycles. The van der Waals surface area contributed by atoms with Gasteiger partial charge in [-0.3, -0.25) is 0 Å². The minimum Gasteiger partial charge on any atom is -0.246 e. The monoisotopic (exact) mass is 233 g/mol. The number of thiophene rings is 1. The average Bonchev–Trinajstić information content (AvgIpc) is 2.48. The Balaban J connectivity index is 2.75. The molecule has 0 atom stereocenters. The molecule has 0 amide bonds. The first kappa shape index (κ1) is 9.80. The van der Waals surface area contributed by atoms with Gasteiger partial charge in [0.15, 0.2) is 0 Å². The van der Waals surface area contributed by atoms with Gasteiger partial charge in [-0.25, -0.2) is 13.8 Å². The maximum absolute atomic E-state index is 12.4. The van der Waals surface area contributed by atoms with Crippen molar-refractivity contribution in [3.8, 4) is 0 Å². The number of nitrogens with zero attached hydrogens (tertiary/aromatic N) is 1. The van der Waals surface area contributed by atoms with Crippen molar-refractivity contribution in [2.45, 2.75) is 13.3 Å². The van der Waals surface area contributed by atoms with E-state index >= 15 is 0 Å². The zero-order valence-corrected chi connectivity index (χ0v) is 8.79. The van der Waals surface area contributed by atoms with Gasteiger partial charge < -0.3 is 0 Å². The summed E-state index contributed by atoms with van der Waals surface area (Å²) < 4.78 is 25.6. The zero-order valence-electron chi connectivity index (χ0n) is 7.22. The summed E-state index contributed by atoms with van der Waals surface area (Å²) in [5.74, 6) is 0. The smallest absolute Gasteiger partial charge is 0.246 e. The van der Waals surface area contributed by atoms with Crippen LogP contribution in [0.15, 0.2) is 11.4 Å². The molecule has 0 aromatic carbocycles. The van der Waals surface area contributed by atoms with Crippen LogP contribution in [0.4, 0.5) is 8.78 Å². The molecule has 1 nitrogen and oxygen atoms in total. The first-order valence-corrected chi connectivity index (χ1v) is 5.17. The van der Waals surface area contributed by atoms with Gasteiger partial charge in [-0.2, -0.15) is 0 Å². The fraction of sp³-hybridized carbons (Fsp3) is 0.222. The molecule has 0 bridgehead atoms. The Labute approximate surface area is 88.3 Å². The van der Waals surface area contributed by atoms with Gasteiger partial charge in [-0.05, 0) is 23.9 Å². The molecule has 0 radical (unpaired) electrons. The van der Waals surface area contributed by atoms with E-state index < -0.39 is 6.43 Å². The Kier molecular flexibility index (Phi) is 2.41. The largest absolute Gasteiger partial charge is 0.280 e. The number of aryl methyl sites for hydroxylation is 1. The molecule has 74 valence electrons. The van der Waals surface area contributed by atoms with Gasteiger partial charge >= 0.3 is 0 Å². The summed E-state index contributed by atoms with van der Waals surface area (Å²) in [7, 11) is 0. The molecule has 0 spiro atoms. The van der Waals surface area contributed by atoms with Crippen LogP contribution < -0.4 is 0 Å². The summed E-state index contributed by atoms with van der Waals surface area (Å²) in [5, 5.41) is 2.21. The van der Waals surface area contributed by atoms with Crippen LogP contribution in [0.5, 0.6) is 0 Å². The van der Waals surface area contributed by atoms with E-state index in [1.807, 2.05) is 12.3 Å². The van der Waals surface area contributed by atoms with Crippen molar-refractivity contribution in [3.05, 3.63) is 27.7 Å². The molecule has 5 heteroatoms. The van der Waals surface area contributed by atoms with Crippen LogP contribution in [-0.4, -0.2) is 4.98 Å². The zero-order chi connectivity index (χ0) is 10.3. The normalized spacial score (nSPS) is 11.5. The molecule has 0 saturated heterocycles. The maximum Gasteiger partial charge on any atom is 0.280 e. The van der Waals surface area contributed by atoms with Crippen LogP contribution in [0.2, 0.25) is 5.02 Å². The highest BCUT2D eigenvalue weighted by molar-refractivity contribution is 7.18. The summed E-state index contributed by atoms with van der Waals surface area (Å²) in [6.45, 7) is 1.83. The lowest BCUT2D eigenvalue weighted by molar-refractivity contribution is 0.146. The van der Waals surface area contributed by atoms with Crippen molar-refractivity contribution in [1.82, 2.24) is 4.98 Å². The summed E-state index contributed by atoms with van der Waals surface area (Å²) in [4.78, 5) is 3.87. The van der Waals surface area contributed by atoms with Crippen molar-refractivity contribution in [3.63, 3.8) is 0 Å². The second kappa shape index (κ2) is 3.44. The Morgan fingerprint density at radius 1 is 1.50 bits per heavy atom. The van der Waals surface area contributed by atoms with Crippen molar-refractivity contribution in [2.24, 2.45) is 0 Å². The third-order valence-electron chi connectivity index (χ3n) is 1.90. The highest BCUT2D eigenvalue weighted by atomic mass is 35.5.